The summed E-state index contributed by atoms with van der Waals surface area (Å²) in [4.78, 5) is 25.7. The van der Waals surface area contributed by atoms with Crippen molar-refractivity contribution < 1.29 is 9.72 Å². The van der Waals surface area contributed by atoms with Gasteiger partial charge in [-0.1, -0.05) is 23.2 Å². The van der Waals surface area contributed by atoms with Crippen LogP contribution in [0.25, 0.3) is 0 Å². The highest BCUT2D eigenvalue weighted by Gasteiger charge is 2.15. The fourth-order valence-electron chi connectivity index (χ4n) is 1.51. The lowest BCUT2D eigenvalue weighted by molar-refractivity contribution is -0.384. The average Bonchev–Trinajstić information content (AvgIpc) is 2.49. The minimum absolute atomic E-state index is 0.0773. The first-order chi connectivity index (χ1) is 10.5. The van der Waals surface area contributed by atoms with E-state index in [1.165, 1.54) is 30.7 Å². The van der Waals surface area contributed by atoms with Gasteiger partial charge in [-0.3, -0.25) is 19.9 Å². The zero-order valence-corrected chi connectivity index (χ0v) is 12.4. The molecule has 0 fully saturated rings. The monoisotopic (exact) mass is 338 g/mol. The van der Waals surface area contributed by atoms with Crippen molar-refractivity contribution >= 4 is 41.0 Å². The predicted octanol–water partition coefficient (Wildman–Crippen LogP) is 3.06. The highest BCUT2D eigenvalue weighted by molar-refractivity contribution is 6.37. The summed E-state index contributed by atoms with van der Waals surface area (Å²) >= 11 is 11.6. The second-order valence-electron chi connectivity index (χ2n) is 4.02. The number of benzene rings is 1. The van der Waals surface area contributed by atoms with Crippen LogP contribution in [0.1, 0.15) is 15.9 Å². The number of hydrogen-bond donors (Lipinski definition) is 1. The lowest BCUT2D eigenvalue weighted by Gasteiger charge is -2.01. The number of carbonyl (C=O) groups is 1. The number of nitrogens with one attached hydrogen (secondary N) is 1. The fourth-order valence-corrected chi connectivity index (χ4v) is 2.02. The van der Waals surface area contributed by atoms with Crippen LogP contribution in [0.5, 0.6) is 0 Å². The van der Waals surface area contributed by atoms with E-state index in [1.807, 2.05) is 0 Å². The molecular formula is C13H8Cl2N4O3. The van der Waals surface area contributed by atoms with Gasteiger partial charge in [0.15, 0.2) is 0 Å². The van der Waals surface area contributed by atoms with Gasteiger partial charge in [0, 0.05) is 24.0 Å². The van der Waals surface area contributed by atoms with E-state index >= 15 is 0 Å². The number of nitro benzene ring substituents is 1. The van der Waals surface area contributed by atoms with Gasteiger partial charge in [-0.15, -0.1) is 0 Å². The third kappa shape index (κ3) is 3.78. The Hall–Kier alpha value is -2.51. The third-order valence-corrected chi connectivity index (χ3v) is 3.19. The maximum Gasteiger partial charge on any atom is 0.288 e. The number of nitro groups is 1. The Balaban J connectivity index is 2.15. The van der Waals surface area contributed by atoms with Gasteiger partial charge in [-0.25, -0.2) is 5.43 Å². The normalized spacial score (nSPS) is 10.6. The number of amides is 1. The molecule has 9 heteroatoms. The first-order valence-corrected chi connectivity index (χ1v) is 6.61. The zero-order chi connectivity index (χ0) is 16.1. The summed E-state index contributed by atoms with van der Waals surface area (Å²) in [5.74, 6) is -0.469. The van der Waals surface area contributed by atoms with Crippen LogP contribution in [0, 0.1) is 10.1 Å². The van der Waals surface area contributed by atoms with Crippen molar-refractivity contribution in [2.75, 3.05) is 0 Å². The van der Waals surface area contributed by atoms with Crippen LogP contribution in [0.15, 0.2) is 41.8 Å². The van der Waals surface area contributed by atoms with Crippen LogP contribution < -0.4 is 5.43 Å². The maximum atomic E-state index is 11.7. The maximum absolute atomic E-state index is 11.7. The molecule has 0 saturated heterocycles. The molecule has 0 atom stereocenters. The zero-order valence-electron chi connectivity index (χ0n) is 10.9. The fraction of sp³-hybridized carbons (Fsp3) is 0. The topological polar surface area (TPSA) is 97.5 Å². The Morgan fingerprint density at radius 1 is 1.36 bits per heavy atom. The molecule has 2 aromatic rings. The molecule has 7 nitrogen and oxygen atoms in total. The number of nitrogens with zero attached hydrogens (tertiary/aromatic N) is 3. The Kier molecular flexibility index (Phi) is 5.03. The van der Waals surface area contributed by atoms with E-state index in [0.717, 1.165) is 0 Å². The van der Waals surface area contributed by atoms with E-state index in [0.29, 0.717) is 5.56 Å². The van der Waals surface area contributed by atoms with Gasteiger partial charge in [0.2, 0.25) is 0 Å². The van der Waals surface area contributed by atoms with Crippen molar-refractivity contribution in [3.63, 3.8) is 0 Å². The van der Waals surface area contributed by atoms with Crippen molar-refractivity contribution in [1.29, 1.82) is 0 Å². The number of hydrazone groups is 1. The van der Waals surface area contributed by atoms with Gasteiger partial charge in [-0.05, 0) is 18.2 Å². The summed E-state index contributed by atoms with van der Waals surface area (Å²) in [5, 5.41) is 14.6. The molecule has 1 amide bonds. The van der Waals surface area contributed by atoms with E-state index in [9.17, 15) is 14.9 Å². The van der Waals surface area contributed by atoms with Crippen LogP contribution >= 0.6 is 23.2 Å². The first kappa shape index (κ1) is 15.9. The molecule has 0 radical (unpaired) electrons. The first-order valence-electron chi connectivity index (χ1n) is 5.86. The second kappa shape index (κ2) is 6.97. The van der Waals surface area contributed by atoms with E-state index in [1.54, 1.807) is 12.1 Å². The molecule has 0 aliphatic carbocycles. The average molecular weight is 339 g/mol. The lowest BCUT2D eigenvalue weighted by atomic mass is 10.2. The molecule has 0 aliphatic rings. The molecular weight excluding hydrogens is 331 g/mol. The van der Waals surface area contributed by atoms with Gasteiger partial charge in [0.05, 0.1) is 21.7 Å². The van der Waals surface area contributed by atoms with Crippen LogP contribution in [0.2, 0.25) is 10.0 Å². The summed E-state index contributed by atoms with van der Waals surface area (Å²) in [6, 6.07) is 5.59. The predicted molar refractivity (Wildman–Crippen MR) is 82.4 cm³/mol. The van der Waals surface area contributed by atoms with Crippen molar-refractivity contribution in [3.8, 4) is 0 Å². The quantitative estimate of drug-likeness (QED) is 0.526. The number of rotatable bonds is 4. The highest BCUT2D eigenvalue weighted by Crippen LogP contribution is 2.29. The molecule has 1 N–H and O–H groups in total. The summed E-state index contributed by atoms with van der Waals surface area (Å²) < 4.78 is 0. The summed E-state index contributed by atoms with van der Waals surface area (Å²) in [6.45, 7) is 0. The summed E-state index contributed by atoms with van der Waals surface area (Å²) in [7, 11) is 0. The number of hydrogen-bond acceptors (Lipinski definition) is 5. The molecule has 1 heterocycles. The van der Waals surface area contributed by atoms with E-state index in [-0.39, 0.29) is 21.3 Å². The molecule has 0 saturated carbocycles. The Labute approximate surface area is 134 Å². The van der Waals surface area contributed by atoms with Crippen molar-refractivity contribution in [2.45, 2.75) is 0 Å². The van der Waals surface area contributed by atoms with Crippen molar-refractivity contribution in [3.05, 3.63) is 67.9 Å². The van der Waals surface area contributed by atoms with Crippen molar-refractivity contribution in [2.24, 2.45) is 5.10 Å². The Morgan fingerprint density at radius 2 is 2.14 bits per heavy atom. The minimum Gasteiger partial charge on any atom is -0.267 e. The molecule has 22 heavy (non-hydrogen) atoms. The molecule has 0 aliphatic heterocycles. The molecule has 0 spiro atoms. The number of pyridine rings is 1. The number of aromatic nitrogens is 1. The third-order valence-electron chi connectivity index (χ3n) is 2.56. The van der Waals surface area contributed by atoms with E-state index in [4.69, 9.17) is 23.2 Å². The van der Waals surface area contributed by atoms with Crippen LogP contribution in [0.3, 0.4) is 0 Å². The van der Waals surface area contributed by atoms with Gasteiger partial charge in [0.1, 0.15) is 5.02 Å². The largest absolute Gasteiger partial charge is 0.288 e. The SMILES string of the molecule is O=C(N/N=C/c1cc([N+](=O)[O-])c(Cl)cc1Cl)c1cccnc1. The van der Waals surface area contributed by atoms with Gasteiger partial charge in [-0.2, -0.15) is 5.10 Å². The Bertz CT molecular complexity index is 750. The highest BCUT2D eigenvalue weighted by atomic mass is 35.5. The molecule has 2 rings (SSSR count). The minimum atomic E-state index is -0.635. The number of carbonyl (C=O) groups excluding carboxylic acids is 1. The molecule has 0 unspecified atom stereocenters. The van der Waals surface area contributed by atoms with E-state index < -0.39 is 10.8 Å². The smallest absolute Gasteiger partial charge is 0.267 e. The van der Waals surface area contributed by atoms with Crippen molar-refractivity contribution in [1.82, 2.24) is 10.4 Å². The molecule has 1 aromatic heterocycles. The summed E-state index contributed by atoms with van der Waals surface area (Å²) in [5.41, 5.74) is 2.55. The summed E-state index contributed by atoms with van der Waals surface area (Å²) in [6.07, 6.45) is 4.11. The van der Waals surface area contributed by atoms with Gasteiger partial charge >= 0.3 is 0 Å². The standard InChI is InChI=1S/C13H8Cl2N4O3/c14-10-5-11(15)12(19(21)22)4-9(10)7-17-18-13(20)8-2-1-3-16-6-8/h1-7H,(H,18,20)/b17-7+. The van der Waals surface area contributed by atoms with Crippen LogP contribution in [-0.4, -0.2) is 22.0 Å². The van der Waals surface area contributed by atoms with Gasteiger partial charge < -0.3 is 0 Å². The lowest BCUT2D eigenvalue weighted by Crippen LogP contribution is -2.17. The number of halogens is 2. The van der Waals surface area contributed by atoms with Crippen LogP contribution in [0.4, 0.5) is 5.69 Å². The Morgan fingerprint density at radius 3 is 2.77 bits per heavy atom. The van der Waals surface area contributed by atoms with Gasteiger partial charge in [0.25, 0.3) is 11.6 Å². The molecule has 1 aromatic carbocycles. The molecule has 112 valence electrons. The van der Waals surface area contributed by atoms with Crippen LogP contribution in [-0.2, 0) is 0 Å². The molecule has 0 bridgehead atoms. The second-order valence-corrected chi connectivity index (χ2v) is 4.84. The van der Waals surface area contributed by atoms with E-state index in [2.05, 4.69) is 15.5 Å².